The molecule has 1 amide bonds. The number of fused-ring (bicyclic) bond motifs is 3. The third-order valence-corrected chi connectivity index (χ3v) is 4.79. The Morgan fingerprint density at radius 3 is 3.00 bits per heavy atom. The lowest BCUT2D eigenvalue weighted by Gasteiger charge is -2.51. The molecule has 2 atom stereocenters. The largest absolute Gasteiger partial charge is 0.333 e. The lowest BCUT2D eigenvalue weighted by molar-refractivity contribution is 0.00258. The molecule has 116 valence electrons. The Balaban J connectivity index is 1.81. The van der Waals surface area contributed by atoms with Gasteiger partial charge in [0.1, 0.15) is 0 Å². The van der Waals surface area contributed by atoms with E-state index in [0.29, 0.717) is 11.3 Å². The number of hydrogen-bond donors (Lipinski definition) is 0. The molecule has 0 N–H and O–H groups in total. The summed E-state index contributed by atoms with van der Waals surface area (Å²) in [7, 11) is 0. The van der Waals surface area contributed by atoms with Crippen LogP contribution in [0.2, 0.25) is 0 Å². The SMILES string of the molecule is [2H]C1([2H])N2C([2H])([2H])C([2H])([2H])C([2H])(C1([2H])[2H])[C@]([2H])(N1C[C@H]3CCCc4cccc(c43)C1=O)C2([2H])[2H]. The number of benzene rings is 1. The minimum atomic E-state index is -3.68. The van der Waals surface area contributed by atoms with Crippen LogP contribution < -0.4 is 0 Å². The van der Waals surface area contributed by atoms with Crippen molar-refractivity contribution in [1.29, 1.82) is 0 Å². The monoisotopic (exact) mass is 308 g/mol. The Morgan fingerprint density at radius 2 is 2.14 bits per heavy atom. The minimum absolute atomic E-state index is 0.170. The van der Waals surface area contributed by atoms with Crippen molar-refractivity contribution in [3.05, 3.63) is 34.9 Å². The Morgan fingerprint density at radius 1 is 1.27 bits per heavy atom. The maximum Gasteiger partial charge on any atom is 0.254 e. The summed E-state index contributed by atoms with van der Waals surface area (Å²) >= 11 is 0. The molecule has 1 aliphatic carbocycles. The topological polar surface area (TPSA) is 23.6 Å². The van der Waals surface area contributed by atoms with Crippen LogP contribution >= 0.6 is 0 Å². The van der Waals surface area contributed by atoms with Crippen LogP contribution in [-0.2, 0) is 6.42 Å². The average molecular weight is 308 g/mol. The highest BCUT2D eigenvalue weighted by Gasteiger charge is 2.43. The van der Waals surface area contributed by atoms with Crippen molar-refractivity contribution in [3.8, 4) is 0 Å². The molecule has 0 spiro atoms. The van der Waals surface area contributed by atoms with E-state index in [1.165, 1.54) is 6.07 Å². The summed E-state index contributed by atoms with van der Waals surface area (Å²) < 4.78 is 103. The van der Waals surface area contributed by atoms with Gasteiger partial charge in [-0.15, -0.1) is 0 Å². The van der Waals surface area contributed by atoms with Crippen molar-refractivity contribution in [3.63, 3.8) is 0 Å². The van der Waals surface area contributed by atoms with Crippen LogP contribution in [0.15, 0.2) is 18.2 Å². The molecule has 6 rings (SSSR count). The van der Waals surface area contributed by atoms with E-state index in [1.807, 2.05) is 6.07 Å². The van der Waals surface area contributed by atoms with Gasteiger partial charge in [0.25, 0.3) is 5.91 Å². The van der Waals surface area contributed by atoms with E-state index in [4.69, 9.17) is 15.1 Å². The first-order chi connectivity index (χ1) is 15.3. The maximum absolute atomic E-state index is 13.7. The van der Waals surface area contributed by atoms with Crippen molar-refractivity contribution in [1.82, 2.24) is 9.80 Å². The van der Waals surface area contributed by atoms with Gasteiger partial charge in [0.05, 0.1) is 1.37 Å². The van der Waals surface area contributed by atoms with Gasteiger partial charge < -0.3 is 9.80 Å². The van der Waals surface area contributed by atoms with Gasteiger partial charge in [-0.05, 0) is 68.1 Å². The molecular formula is C19H24N2O. The Labute approximate surface area is 149 Å². The Bertz CT molecular complexity index is 1080. The van der Waals surface area contributed by atoms with Crippen molar-refractivity contribution in [2.24, 2.45) is 5.89 Å². The van der Waals surface area contributed by atoms with E-state index >= 15 is 0 Å². The maximum atomic E-state index is 13.7. The molecule has 0 radical (unpaired) electrons. The molecule has 1 aromatic carbocycles. The van der Waals surface area contributed by atoms with Crippen molar-refractivity contribution >= 4 is 5.91 Å². The molecule has 3 fully saturated rings. The van der Waals surface area contributed by atoms with E-state index in [1.54, 1.807) is 6.07 Å². The van der Waals surface area contributed by atoms with Crippen molar-refractivity contribution < 1.29 is 21.2 Å². The first-order valence-electron chi connectivity index (χ1n) is 13.6. The highest BCUT2D eigenvalue weighted by Crippen LogP contribution is 2.41. The van der Waals surface area contributed by atoms with Crippen LogP contribution in [0.1, 0.15) is 69.4 Å². The van der Waals surface area contributed by atoms with Gasteiger partial charge in [-0.2, -0.15) is 0 Å². The van der Waals surface area contributed by atoms with Crippen LogP contribution in [0.5, 0.6) is 0 Å². The summed E-state index contributed by atoms with van der Waals surface area (Å²) in [5, 5.41) is 0. The van der Waals surface area contributed by atoms with E-state index in [-0.39, 0.29) is 22.9 Å². The average Bonchev–Trinajstić information content (AvgIpc) is 2.72. The van der Waals surface area contributed by atoms with E-state index < -0.39 is 50.1 Å². The number of amides is 1. The van der Waals surface area contributed by atoms with Gasteiger partial charge in [-0.25, -0.2) is 0 Å². The second kappa shape index (κ2) is 4.82. The first kappa shape index (κ1) is 5.94. The fourth-order valence-electron chi connectivity index (χ4n) is 3.82. The quantitative estimate of drug-likeness (QED) is 0.796. The second-order valence-electron chi connectivity index (χ2n) is 6.03. The molecule has 3 saturated heterocycles. The molecule has 22 heavy (non-hydrogen) atoms. The highest BCUT2D eigenvalue weighted by atomic mass is 16.2. The number of nitrogens with zero attached hydrogens (tertiary/aromatic N) is 2. The third kappa shape index (κ3) is 1.81. The fraction of sp³-hybridized carbons (Fsp3) is 0.632. The van der Waals surface area contributed by atoms with Gasteiger partial charge >= 0.3 is 0 Å². The summed E-state index contributed by atoms with van der Waals surface area (Å²) in [4.78, 5) is 14.1. The van der Waals surface area contributed by atoms with Crippen LogP contribution in [0.25, 0.3) is 0 Å². The molecule has 0 aromatic heterocycles. The van der Waals surface area contributed by atoms with Gasteiger partial charge in [0.15, 0.2) is 0 Å². The lowest BCUT2D eigenvalue weighted by Crippen LogP contribution is -2.60. The molecule has 3 heteroatoms. The van der Waals surface area contributed by atoms with Crippen molar-refractivity contribution in [2.75, 3.05) is 26.0 Å². The number of carbonyl (C=O) groups excluding carboxylic acids is 1. The zero-order valence-corrected chi connectivity index (χ0v) is 11.9. The minimum Gasteiger partial charge on any atom is -0.333 e. The highest BCUT2D eigenvalue weighted by molar-refractivity contribution is 5.97. The summed E-state index contributed by atoms with van der Waals surface area (Å²) in [6, 6.07) is 1.70. The second-order valence-corrected chi connectivity index (χ2v) is 6.03. The van der Waals surface area contributed by atoms with Crippen LogP contribution in [0, 0.1) is 5.89 Å². The molecule has 1 aromatic rings. The number of aryl methyl sites for hydroxylation is 1. The molecule has 3 nitrogen and oxygen atoms in total. The van der Waals surface area contributed by atoms with E-state index in [2.05, 4.69) is 0 Å². The predicted octanol–water partition coefficient (Wildman–Crippen LogP) is 2.66. The van der Waals surface area contributed by atoms with Gasteiger partial charge in [-0.1, -0.05) is 12.1 Å². The number of carbonyl (C=O) groups is 1. The predicted molar refractivity (Wildman–Crippen MR) is 86.1 cm³/mol. The Kier molecular flexibility index (Phi) is 1.30. The third-order valence-electron chi connectivity index (χ3n) is 4.79. The van der Waals surface area contributed by atoms with E-state index in [9.17, 15) is 6.17 Å². The lowest BCUT2D eigenvalue weighted by atomic mass is 9.75. The summed E-state index contributed by atoms with van der Waals surface area (Å²) in [6.45, 7) is -10.7. The molecule has 4 aliphatic heterocycles. The fourth-order valence-corrected chi connectivity index (χ4v) is 3.82. The number of piperidine rings is 3. The molecule has 4 heterocycles. The molecule has 0 unspecified atom stereocenters. The van der Waals surface area contributed by atoms with E-state index in [0.717, 1.165) is 24.0 Å². The first-order valence-corrected chi connectivity index (χ1v) is 7.59. The molecule has 0 saturated carbocycles. The van der Waals surface area contributed by atoms with Crippen molar-refractivity contribution in [2.45, 2.75) is 43.9 Å². The summed E-state index contributed by atoms with van der Waals surface area (Å²) in [6.07, 6.45) is -5.06. The normalized spacial score (nSPS) is 62.5. The van der Waals surface area contributed by atoms with Crippen LogP contribution in [-0.4, -0.2) is 47.8 Å². The number of rotatable bonds is 1. The zero-order valence-electron chi connectivity index (χ0n) is 23.9. The standard InChI is InChI=1S/C19H24N2O/c22-19-16-6-2-4-14-3-1-5-15(18(14)16)11-21(19)17-12-20-9-7-13(17)8-10-20/h2,4,6,13,15,17H,1,3,5,7-12H2/t15-,17-/m1/s1/i7D2,8D2,9D2,10D2,12D2,13D,17D. The van der Waals surface area contributed by atoms with Crippen LogP contribution in [0.3, 0.4) is 0 Å². The Hall–Kier alpha value is -1.35. The molecular weight excluding hydrogens is 272 g/mol. The van der Waals surface area contributed by atoms with Gasteiger partial charge in [0.2, 0.25) is 0 Å². The molecule has 5 aliphatic rings. The number of hydrogen-bond acceptors (Lipinski definition) is 2. The molecule has 2 bridgehead atoms. The smallest absolute Gasteiger partial charge is 0.254 e. The van der Waals surface area contributed by atoms with Crippen LogP contribution in [0.4, 0.5) is 0 Å². The van der Waals surface area contributed by atoms with Gasteiger partial charge in [0, 0.05) is 45.6 Å². The summed E-state index contributed by atoms with van der Waals surface area (Å²) in [5.41, 5.74) is 1.87. The summed E-state index contributed by atoms with van der Waals surface area (Å²) in [5.74, 6) is -4.90. The van der Waals surface area contributed by atoms with Gasteiger partial charge in [-0.3, -0.25) is 4.79 Å². The zero-order chi connectivity index (χ0) is 25.5.